The van der Waals surface area contributed by atoms with Gasteiger partial charge >= 0.3 is 13.3 Å². The number of halogens is 4. The molecule has 2 aromatic carbocycles. The summed E-state index contributed by atoms with van der Waals surface area (Å²) in [5.41, 5.74) is -3.69. The van der Waals surface area contributed by atoms with Crippen LogP contribution in [0.1, 0.15) is 16.7 Å². The molecule has 0 radical (unpaired) electrons. The van der Waals surface area contributed by atoms with Crippen LogP contribution in [0.3, 0.4) is 0 Å². The minimum Gasteiger partial charge on any atom is -0.320 e. The highest BCUT2D eigenvalue weighted by Gasteiger charge is 2.51. The maximum Gasteiger partial charge on any atom is 0.399 e. The van der Waals surface area contributed by atoms with Crippen molar-refractivity contribution < 1.29 is 31.6 Å². The Labute approximate surface area is 177 Å². The Morgan fingerprint density at radius 2 is 1.68 bits per heavy atom. The lowest BCUT2D eigenvalue weighted by Crippen LogP contribution is -2.14. The van der Waals surface area contributed by atoms with Crippen LogP contribution in [-0.2, 0) is 31.8 Å². The van der Waals surface area contributed by atoms with Crippen LogP contribution < -0.4 is 5.14 Å². The molecule has 0 amide bonds. The van der Waals surface area contributed by atoms with Crippen LogP contribution >= 0.6 is 46.9 Å². The Kier molecular flexibility index (Phi) is 7.37. The Hall–Kier alpha value is -0.520. The highest BCUT2D eigenvalue weighted by atomic mass is 79.9. The van der Waals surface area contributed by atoms with Crippen molar-refractivity contribution in [2.45, 2.75) is 22.1 Å². The van der Waals surface area contributed by atoms with Crippen LogP contribution in [0, 0.1) is 0 Å². The molecule has 2 aromatic rings. The third-order valence-electron chi connectivity index (χ3n) is 3.56. The molecule has 0 heterocycles. The zero-order chi connectivity index (χ0) is 21.3. The molecule has 0 aliphatic rings. The number of sulfonamides is 1. The third-order valence-corrected chi connectivity index (χ3v) is 7.66. The molecular weight excluding hydrogens is 523 g/mol. The summed E-state index contributed by atoms with van der Waals surface area (Å²) in [7, 11) is -9.55. The van der Waals surface area contributed by atoms with Crippen LogP contribution in [0.25, 0.3) is 0 Å². The van der Waals surface area contributed by atoms with Gasteiger partial charge in [-0.15, -0.1) is 0 Å². The lowest BCUT2D eigenvalue weighted by molar-refractivity contribution is 0.0557. The second kappa shape index (κ2) is 8.69. The Morgan fingerprint density at radius 1 is 1.14 bits per heavy atom. The van der Waals surface area contributed by atoms with Crippen molar-refractivity contribution in [3.63, 3.8) is 0 Å². The quantitative estimate of drug-likeness (QED) is 0.451. The molecule has 0 saturated carbocycles. The lowest BCUT2D eigenvalue weighted by atomic mass is 10.1. The fourth-order valence-electron chi connectivity index (χ4n) is 2.20. The van der Waals surface area contributed by atoms with E-state index in [0.717, 1.165) is 11.6 Å². The second-order valence-corrected chi connectivity index (χ2v) is 11.1. The summed E-state index contributed by atoms with van der Waals surface area (Å²) in [5.74, 6) is 0.873. The van der Waals surface area contributed by atoms with Gasteiger partial charge in [0.15, 0.2) is 0 Å². The summed E-state index contributed by atoms with van der Waals surface area (Å²) < 4.78 is 61.2. The highest BCUT2D eigenvalue weighted by molar-refractivity contribution is 9.10. The van der Waals surface area contributed by atoms with E-state index in [1.165, 1.54) is 36.0 Å². The first-order valence-corrected chi connectivity index (χ1v) is 12.8. The van der Waals surface area contributed by atoms with Crippen LogP contribution in [0.15, 0.2) is 45.8 Å². The van der Waals surface area contributed by atoms with E-state index >= 15 is 0 Å². The molecular formula is C15H14BrClF2NO5PS2. The van der Waals surface area contributed by atoms with Crippen molar-refractivity contribution in [1.82, 2.24) is 0 Å². The molecule has 28 heavy (non-hydrogen) atoms. The van der Waals surface area contributed by atoms with E-state index in [1.807, 2.05) is 0 Å². The predicted octanol–water partition coefficient (Wildman–Crippen LogP) is 4.41. The largest absolute Gasteiger partial charge is 0.399 e. The van der Waals surface area contributed by atoms with Crippen LogP contribution in [0.4, 0.5) is 8.78 Å². The topological polar surface area (TPSA) is 118 Å². The zero-order valence-corrected chi connectivity index (χ0v) is 18.7. The Balaban J connectivity index is 2.08. The van der Waals surface area contributed by atoms with E-state index in [4.69, 9.17) is 26.5 Å². The number of hydrogen-bond acceptors (Lipinski definition) is 4. The van der Waals surface area contributed by atoms with Crippen LogP contribution in [0.5, 0.6) is 0 Å². The number of alkyl halides is 2. The van der Waals surface area contributed by atoms with Crippen LogP contribution in [0.2, 0.25) is 5.02 Å². The number of nitrogens with two attached hydrogens (primary N) is 1. The predicted molar refractivity (Wildman–Crippen MR) is 108 cm³/mol. The molecule has 0 atom stereocenters. The van der Waals surface area contributed by atoms with Crippen molar-refractivity contribution in [2.24, 2.45) is 5.14 Å². The molecule has 2 rings (SSSR count). The Bertz CT molecular complexity index is 1050. The van der Waals surface area contributed by atoms with Gasteiger partial charge < -0.3 is 9.79 Å². The summed E-state index contributed by atoms with van der Waals surface area (Å²) in [6, 6.07) is 8.04. The average Bonchev–Trinajstić information content (AvgIpc) is 2.52. The van der Waals surface area contributed by atoms with E-state index in [0.29, 0.717) is 17.1 Å². The number of thioether (sulfide) groups is 1. The molecule has 0 saturated heterocycles. The van der Waals surface area contributed by atoms with E-state index in [9.17, 15) is 21.8 Å². The Morgan fingerprint density at radius 3 is 2.14 bits per heavy atom. The molecule has 0 aromatic heterocycles. The second-order valence-electron chi connectivity index (χ2n) is 5.70. The van der Waals surface area contributed by atoms with Gasteiger partial charge in [-0.05, 0) is 29.3 Å². The summed E-state index contributed by atoms with van der Waals surface area (Å²) in [5, 5.41) is 5.05. The average molecular weight is 537 g/mol. The maximum atomic E-state index is 13.8. The van der Waals surface area contributed by atoms with E-state index in [1.54, 1.807) is 6.07 Å². The molecule has 0 bridgehead atoms. The summed E-state index contributed by atoms with van der Waals surface area (Å²) in [6.45, 7) is 0. The minimum absolute atomic E-state index is 0.00682. The molecule has 0 aliphatic heterocycles. The van der Waals surface area contributed by atoms with Gasteiger partial charge in [0.1, 0.15) is 4.90 Å². The van der Waals surface area contributed by atoms with E-state index < -0.39 is 28.8 Å². The molecule has 0 aliphatic carbocycles. The highest BCUT2D eigenvalue weighted by Crippen LogP contribution is 2.60. The molecule has 0 spiro atoms. The fraction of sp³-hybridized carbons (Fsp3) is 0.200. The third kappa shape index (κ3) is 5.54. The molecule has 13 heteroatoms. The van der Waals surface area contributed by atoms with Gasteiger partial charge in [-0.3, -0.25) is 4.57 Å². The lowest BCUT2D eigenvalue weighted by Gasteiger charge is -2.19. The van der Waals surface area contributed by atoms with Crippen molar-refractivity contribution >= 4 is 56.9 Å². The monoisotopic (exact) mass is 535 g/mol. The summed E-state index contributed by atoms with van der Waals surface area (Å²) in [4.78, 5) is 17.5. The van der Waals surface area contributed by atoms with Gasteiger partial charge in [-0.25, -0.2) is 13.6 Å². The SMILES string of the molecule is NS(=O)(=O)c1ccc(CSCc2ccc(C(F)(F)P(=O)(O)O)c(Br)c2)cc1Cl. The van der Waals surface area contributed by atoms with Crippen molar-refractivity contribution in [1.29, 1.82) is 0 Å². The number of benzene rings is 2. The first-order chi connectivity index (χ1) is 12.7. The van der Waals surface area contributed by atoms with Crippen molar-refractivity contribution in [3.8, 4) is 0 Å². The smallest absolute Gasteiger partial charge is 0.320 e. The van der Waals surface area contributed by atoms with Gasteiger partial charge in [0.25, 0.3) is 0 Å². The standard InChI is InChI=1S/C15H14BrClF2NO5PS2/c16-12-5-9(1-3-11(12)15(18,19)26(21,22)23)7-27-8-10-2-4-14(13(17)6-10)28(20,24)25/h1-6H,7-8H2,(H2,20,24,25)(H2,21,22,23). The fourth-order valence-corrected chi connectivity index (χ4v) is 5.58. The number of rotatable bonds is 7. The van der Waals surface area contributed by atoms with Gasteiger partial charge in [-0.1, -0.05) is 45.7 Å². The molecule has 0 fully saturated rings. The summed E-state index contributed by atoms with van der Waals surface area (Å²) >= 11 is 10.3. The first-order valence-electron chi connectivity index (χ1n) is 7.35. The first kappa shape index (κ1) is 23.8. The van der Waals surface area contributed by atoms with Gasteiger partial charge in [0.05, 0.1) is 5.02 Å². The van der Waals surface area contributed by atoms with Crippen molar-refractivity contribution in [3.05, 3.63) is 62.6 Å². The normalized spacial score (nSPS) is 13.0. The number of hydrogen-bond donors (Lipinski definition) is 3. The van der Waals surface area contributed by atoms with E-state index in [-0.39, 0.29) is 14.4 Å². The van der Waals surface area contributed by atoms with Crippen LogP contribution in [-0.4, -0.2) is 18.2 Å². The number of primary sulfonamides is 1. The molecule has 0 unspecified atom stereocenters. The van der Waals surface area contributed by atoms with Crippen molar-refractivity contribution in [2.75, 3.05) is 0 Å². The van der Waals surface area contributed by atoms with Gasteiger partial charge in [0.2, 0.25) is 10.0 Å². The van der Waals surface area contributed by atoms with E-state index in [2.05, 4.69) is 15.9 Å². The van der Waals surface area contributed by atoms with Gasteiger partial charge in [0, 0.05) is 21.5 Å². The summed E-state index contributed by atoms with van der Waals surface area (Å²) in [6.07, 6.45) is 0. The maximum absolute atomic E-state index is 13.8. The zero-order valence-electron chi connectivity index (χ0n) is 13.9. The molecule has 4 N–H and O–H groups in total. The molecule has 6 nitrogen and oxygen atoms in total. The van der Waals surface area contributed by atoms with Gasteiger partial charge in [-0.2, -0.15) is 20.5 Å². The molecule has 154 valence electrons. The minimum atomic E-state index is -5.65.